The third-order valence-corrected chi connectivity index (χ3v) is 7.55. The highest BCUT2D eigenvalue weighted by Crippen LogP contribution is 2.40. The molecular formula is C28H34N4O3. The molecule has 2 saturated heterocycles. The molecule has 0 saturated carbocycles. The minimum absolute atomic E-state index is 0.000367. The summed E-state index contributed by atoms with van der Waals surface area (Å²) in [6.45, 7) is 4.90. The second kappa shape index (κ2) is 10.1. The van der Waals surface area contributed by atoms with E-state index in [0.29, 0.717) is 17.8 Å². The summed E-state index contributed by atoms with van der Waals surface area (Å²) in [6, 6.07) is 15.5. The number of rotatable bonds is 6. The van der Waals surface area contributed by atoms with Gasteiger partial charge in [-0.05, 0) is 61.8 Å². The maximum atomic E-state index is 13.6. The molecule has 2 atom stereocenters. The first-order valence-electron chi connectivity index (χ1n) is 12.9. The van der Waals surface area contributed by atoms with Crippen LogP contribution in [0.5, 0.6) is 0 Å². The van der Waals surface area contributed by atoms with Crippen molar-refractivity contribution in [3.63, 3.8) is 0 Å². The van der Waals surface area contributed by atoms with Crippen molar-refractivity contribution in [3.8, 4) is 0 Å². The Bertz CT molecular complexity index is 1100. The van der Waals surface area contributed by atoms with Crippen LogP contribution in [0, 0.1) is 0 Å². The van der Waals surface area contributed by atoms with Crippen molar-refractivity contribution in [2.24, 2.45) is 0 Å². The van der Waals surface area contributed by atoms with Crippen molar-refractivity contribution >= 4 is 29.1 Å². The summed E-state index contributed by atoms with van der Waals surface area (Å²) in [5, 5.41) is 3.01. The molecule has 1 N–H and O–H groups in total. The first-order chi connectivity index (χ1) is 17.0. The molecule has 3 amide bonds. The van der Waals surface area contributed by atoms with Gasteiger partial charge in [0.1, 0.15) is 12.6 Å². The molecule has 35 heavy (non-hydrogen) atoms. The average molecular weight is 475 g/mol. The number of likely N-dealkylation sites (tertiary alicyclic amines) is 1. The fraction of sp³-hybridized carbons (Fsp3) is 0.464. The van der Waals surface area contributed by atoms with Gasteiger partial charge in [-0.1, -0.05) is 37.3 Å². The molecule has 0 aliphatic carbocycles. The SMILES string of the molecule is C[C@H](CNC(=O)CN1C(=O)[C@H]2CCCCN2c2ccc(C(=O)N3CCCC3)cc21)c1ccccc1. The van der Waals surface area contributed by atoms with Gasteiger partial charge in [0, 0.05) is 31.7 Å². The van der Waals surface area contributed by atoms with E-state index in [1.165, 1.54) is 0 Å². The lowest BCUT2D eigenvalue weighted by atomic mass is 9.95. The molecule has 184 valence electrons. The van der Waals surface area contributed by atoms with Gasteiger partial charge in [-0.15, -0.1) is 0 Å². The summed E-state index contributed by atoms with van der Waals surface area (Å²) in [5.74, 6) is -0.0653. The van der Waals surface area contributed by atoms with E-state index in [-0.39, 0.29) is 36.2 Å². The maximum absolute atomic E-state index is 13.6. The number of anilines is 2. The van der Waals surface area contributed by atoms with Gasteiger partial charge < -0.3 is 15.1 Å². The number of carbonyl (C=O) groups excluding carboxylic acids is 3. The molecule has 0 radical (unpaired) electrons. The number of nitrogens with one attached hydrogen (secondary N) is 1. The third kappa shape index (κ3) is 4.77. The molecule has 2 fully saturated rings. The molecule has 0 unspecified atom stereocenters. The number of carbonyl (C=O) groups is 3. The topological polar surface area (TPSA) is 73.0 Å². The largest absolute Gasteiger partial charge is 0.358 e. The molecule has 7 heteroatoms. The van der Waals surface area contributed by atoms with Crippen molar-refractivity contribution in [3.05, 3.63) is 59.7 Å². The average Bonchev–Trinajstić information content (AvgIpc) is 3.44. The zero-order valence-electron chi connectivity index (χ0n) is 20.4. The van der Waals surface area contributed by atoms with Crippen LogP contribution >= 0.6 is 0 Å². The first-order valence-corrected chi connectivity index (χ1v) is 12.9. The lowest BCUT2D eigenvalue weighted by Crippen LogP contribution is -2.57. The number of nitrogens with zero attached hydrogens (tertiary/aromatic N) is 3. The highest BCUT2D eigenvalue weighted by Gasteiger charge is 2.40. The Morgan fingerprint density at radius 1 is 0.971 bits per heavy atom. The highest BCUT2D eigenvalue weighted by atomic mass is 16.2. The zero-order chi connectivity index (χ0) is 24.4. The maximum Gasteiger partial charge on any atom is 0.253 e. The van der Waals surface area contributed by atoms with Crippen LogP contribution in [-0.4, -0.2) is 61.4 Å². The van der Waals surface area contributed by atoms with E-state index in [2.05, 4.69) is 29.3 Å². The minimum atomic E-state index is -0.243. The van der Waals surface area contributed by atoms with Crippen LogP contribution in [-0.2, 0) is 9.59 Å². The summed E-state index contributed by atoms with van der Waals surface area (Å²) in [7, 11) is 0. The van der Waals surface area contributed by atoms with E-state index in [4.69, 9.17) is 0 Å². The predicted octanol–water partition coefficient (Wildman–Crippen LogP) is 3.55. The normalized spacial score (nSPS) is 20.3. The van der Waals surface area contributed by atoms with Crippen LogP contribution in [0.1, 0.15) is 60.9 Å². The smallest absolute Gasteiger partial charge is 0.253 e. The summed E-state index contributed by atoms with van der Waals surface area (Å²) < 4.78 is 0. The number of hydrogen-bond donors (Lipinski definition) is 1. The number of piperidine rings is 1. The van der Waals surface area contributed by atoms with Gasteiger partial charge in [0.05, 0.1) is 11.4 Å². The lowest BCUT2D eigenvalue weighted by molar-refractivity contribution is -0.125. The molecule has 3 heterocycles. The molecular weight excluding hydrogens is 440 g/mol. The van der Waals surface area contributed by atoms with E-state index < -0.39 is 0 Å². The first kappa shape index (κ1) is 23.4. The van der Waals surface area contributed by atoms with E-state index in [9.17, 15) is 14.4 Å². The Morgan fingerprint density at radius 2 is 1.71 bits per heavy atom. The van der Waals surface area contributed by atoms with Crippen LogP contribution in [0.2, 0.25) is 0 Å². The second-order valence-corrected chi connectivity index (χ2v) is 9.95. The number of hydrogen-bond acceptors (Lipinski definition) is 4. The van der Waals surface area contributed by atoms with Crippen LogP contribution in [0.3, 0.4) is 0 Å². The Balaban J connectivity index is 1.37. The molecule has 7 nitrogen and oxygen atoms in total. The van der Waals surface area contributed by atoms with Crippen molar-refractivity contribution in [1.29, 1.82) is 0 Å². The third-order valence-electron chi connectivity index (χ3n) is 7.55. The Hall–Kier alpha value is -3.35. The van der Waals surface area contributed by atoms with Crippen molar-refractivity contribution in [2.75, 3.05) is 42.5 Å². The molecule has 2 aromatic carbocycles. The van der Waals surface area contributed by atoms with Crippen molar-refractivity contribution in [2.45, 2.75) is 51.0 Å². The van der Waals surface area contributed by atoms with Crippen molar-refractivity contribution in [1.82, 2.24) is 10.2 Å². The zero-order valence-corrected chi connectivity index (χ0v) is 20.4. The van der Waals surface area contributed by atoms with Crippen LogP contribution in [0.4, 0.5) is 11.4 Å². The predicted molar refractivity (Wildman–Crippen MR) is 137 cm³/mol. The summed E-state index contributed by atoms with van der Waals surface area (Å²) >= 11 is 0. The molecule has 5 rings (SSSR count). The fourth-order valence-electron chi connectivity index (χ4n) is 5.52. The molecule has 2 aromatic rings. The summed E-state index contributed by atoms with van der Waals surface area (Å²) in [6.07, 6.45) is 4.88. The minimum Gasteiger partial charge on any atom is -0.358 e. The van der Waals surface area contributed by atoms with Gasteiger partial charge in [0.25, 0.3) is 5.91 Å². The molecule has 0 aromatic heterocycles. The molecule has 0 bridgehead atoms. The number of benzene rings is 2. The van der Waals surface area contributed by atoms with Gasteiger partial charge in [0.15, 0.2) is 0 Å². The van der Waals surface area contributed by atoms with E-state index in [0.717, 1.165) is 63.0 Å². The number of fused-ring (bicyclic) bond motifs is 3. The Labute approximate surface area is 207 Å². The van der Waals surface area contributed by atoms with Crippen molar-refractivity contribution < 1.29 is 14.4 Å². The van der Waals surface area contributed by atoms with Gasteiger partial charge in [-0.3, -0.25) is 19.3 Å². The number of amides is 3. The fourth-order valence-corrected chi connectivity index (χ4v) is 5.52. The van der Waals surface area contributed by atoms with Gasteiger partial charge >= 0.3 is 0 Å². The monoisotopic (exact) mass is 474 g/mol. The van der Waals surface area contributed by atoms with Gasteiger partial charge in [-0.2, -0.15) is 0 Å². The van der Waals surface area contributed by atoms with Gasteiger partial charge in [0.2, 0.25) is 11.8 Å². The quantitative estimate of drug-likeness (QED) is 0.695. The van der Waals surface area contributed by atoms with Crippen LogP contribution < -0.4 is 15.1 Å². The van der Waals surface area contributed by atoms with E-state index >= 15 is 0 Å². The molecule has 0 spiro atoms. The Morgan fingerprint density at radius 3 is 2.49 bits per heavy atom. The Kier molecular flexibility index (Phi) is 6.75. The summed E-state index contributed by atoms with van der Waals surface area (Å²) in [5.41, 5.74) is 3.36. The molecule has 3 aliphatic heterocycles. The summed E-state index contributed by atoms with van der Waals surface area (Å²) in [4.78, 5) is 45.3. The van der Waals surface area contributed by atoms with Gasteiger partial charge in [-0.25, -0.2) is 0 Å². The lowest BCUT2D eigenvalue weighted by Gasteiger charge is -2.45. The van der Waals surface area contributed by atoms with Crippen LogP contribution in [0.25, 0.3) is 0 Å². The van der Waals surface area contributed by atoms with E-state index in [1.807, 2.05) is 41.3 Å². The second-order valence-electron chi connectivity index (χ2n) is 9.95. The standard InChI is InChI=1S/C28H34N4O3/c1-20(21-9-3-2-4-10-21)18-29-26(33)19-32-25-17-22(27(34)30-14-7-8-15-30)12-13-23(25)31-16-6-5-11-24(31)28(32)35/h2-4,9-10,12-13,17,20,24H,5-8,11,14-16,18-19H2,1H3,(H,29,33)/t20-,24-/m1/s1. The van der Waals surface area contributed by atoms with E-state index in [1.54, 1.807) is 4.90 Å². The van der Waals surface area contributed by atoms with Crippen LogP contribution in [0.15, 0.2) is 48.5 Å². The molecule has 3 aliphatic rings. The highest BCUT2D eigenvalue weighted by molar-refractivity contribution is 6.09.